The molecule has 0 fully saturated rings. The molecule has 0 aliphatic rings. The molecule has 3 heteroatoms. The van der Waals surface area contributed by atoms with Crippen LogP contribution in [0.2, 0.25) is 0 Å². The molecule has 3 nitrogen and oxygen atoms in total. The standard InChI is InChI=1S/C14H20N2O/c1-4-10-15-14(17)12(3)16-11(2)13-8-6-5-7-9-13/h4-9,11-12,16H,1,10H2,2-3H3,(H,15,17). The van der Waals surface area contributed by atoms with Crippen LogP contribution in [0.1, 0.15) is 25.5 Å². The van der Waals surface area contributed by atoms with Gasteiger partial charge in [-0.05, 0) is 19.4 Å². The zero-order valence-electron chi connectivity index (χ0n) is 10.4. The van der Waals surface area contributed by atoms with Gasteiger partial charge in [-0.3, -0.25) is 10.1 Å². The van der Waals surface area contributed by atoms with Gasteiger partial charge in [0.2, 0.25) is 5.91 Å². The molecule has 0 aromatic heterocycles. The van der Waals surface area contributed by atoms with Gasteiger partial charge in [-0.25, -0.2) is 0 Å². The van der Waals surface area contributed by atoms with Gasteiger partial charge in [0.1, 0.15) is 0 Å². The second kappa shape index (κ2) is 6.86. The molecule has 17 heavy (non-hydrogen) atoms. The molecule has 2 atom stereocenters. The Kier molecular flexibility index (Phi) is 5.43. The second-order valence-corrected chi connectivity index (χ2v) is 4.05. The average molecular weight is 232 g/mol. The highest BCUT2D eigenvalue weighted by molar-refractivity contribution is 5.81. The van der Waals surface area contributed by atoms with Crippen LogP contribution in [0.25, 0.3) is 0 Å². The van der Waals surface area contributed by atoms with E-state index in [1.54, 1.807) is 6.08 Å². The Labute approximate surface area is 103 Å². The van der Waals surface area contributed by atoms with Crippen molar-refractivity contribution < 1.29 is 4.79 Å². The zero-order valence-corrected chi connectivity index (χ0v) is 10.4. The number of carbonyl (C=O) groups is 1. The van der Waals surface area contributed by atoms with Gasteiger partial charge in [-0.15, -0.1) is 6.58 Å². The topological polar surface area (TPSA) is 41.1 Å². The van der Waals surface area contributed by atoms with Crippen LogP contribution < -0.4 is 10.6 Å². The fourth-order valence-electron chi connectivity index (χ4n) is 1.61. The van der Waals surface area contributed by atoms with E-state index in [4.69, 9.17) is 0 Å². The van der Waals surface area contributed by atoms with Crippen LogP contribution in [0.15, 0.2) is 43.0 Å². The summed E-state index contributed by atoms with van der Waals surface area (Å²) in [5.41, 5.74) is 1.18. The van der Waals surface area contributed by atoms with Crippen molar-refractivity contribution in [3.63, 3.8) is 0 Å². The van der Waals surface area contributed by atoms with E-state index in [2.05, 4.69) is 17.2 Å². The monoisotopic (exact) mass is 232 g/mol. The Balaban J connectivity index is 2.48. The fraction of sp³-hybridized carbons (Fsp3) is 0.357. The molecule has 2 N–H and O–H groups in total. The van der Waals surface area contributed by atoms with E-state index >= 15 is 0 Å². The molecule has 1 amide bonds. The third-order valence-electron chi connectivity index (χ3n) is 2.61. The molecule has 1 aromatic rings. The lowest BCUT2D eigenvalue weighted by Crippen LogP contribution is -2.43. The average Bonchev–Trinajstić information content (AvgIpc) is 2.36. The van der Waals surface area contributed by atoms with Crippen molar-refractivity contribution in [2.75, 3.05) is 6.54 Å². The lowest BCUT2D eigenvalue weighted by Gasteiger charge is -2.19. The number of nitrogens with one attached hydrogen (secondary N) is 2. The van der Waals surface area contributed by atoms with Gasteiger partial charge in [-0.1, -0.05) is 36.4 Å². The van der Waals surface area contributed by atoms with E-state index in [-0.39, 0.29) is 18.0 Å². The molecule has 0 saturated heterocycles. The van der Waals surface area contributed by atoms with Crippen molar-refractivity contribution in [1.82, 2.24) is 10.6 Å². The summed E-state index contributed by atoms with van der Waals surface area (Å²) in [5, 5.41) is 6.03. The summed E-state index contributed by atoms with van der Waals surface area (Å²) < 4.78 is 0. The highest BCUT2D eigenvalue weighted by Gasteiger charge is 2.14. The quantitative estimate of drug-likeness (QED) is 0.737. The minimum absolute atomic E-state index is 0.00678. The van der Waals surface area contributed by atoms with Crippen molar-refractivity contribution in [3.05, 3.63) is 48.6 Å². The molecule has 2 unspecified atom stereocenters. The Morgan fingerprint density at radius 2 is 2.00 bits per heavy atom. The van der Waals surface area contributed by atoms with Crippen molar-refractivity contribution >= 4 is 5.91 Å². The van der Waals surface area contributed by atoms with Crippen molar-refractivity contribution in [3.8, 4) is 0 Å². The van der Waals surface area contributed by atoms with Gasteiger partial charge >= 0.3 is 0 Å². The van der Waals surface area contributed by atoms with Crippen LogP contribution in [0.4, 0.5) is 0 Å². The largest absolute Gasteiger partial charge is 0.351 e. The molecular formula is C14H20N2O. The highest BCUT2D eigenvalue weighted by atomic mass is 16.2. The van der Waals surface area contributed by atoms with Gasteiger partial charge in [0.05, 0.1) is 6.04 Å². The highest BCUT2D eigenvalue weighted by Crippen LogP contribution is 2.11. The van der Waals surface area contributed by atoms with Crippen LogP contribution in [-0.2, 0) is 4.79 Å². The molecule has 1 rings (SSSR count). The molecule has 0 bridgehead atoms. The van der Waals surface area contributed by atoms with Crippen LogP contribution in [0, 0.1) is 0 Å². The van der Waals surface area contributed by atoms with Gasteiger partial charge in [0.15, 0.2) is 0 Å². The minimum Gasteiger partial charge on any atom is -0.351 e. The summed E-state index contributed by atoms with van der Waals surface area (Å²) in [4.78, 5) is 11.6. The first-order valence-electron chi connectivity index (χ1n) is 5.84. The number of benzene rings is 1. The molecular weight excluding hydrogens is 212 g/mol. The third kappa shape index (κ3) is 4.41. The number of amides is 1. The summed E-state index contributed by atoms with van der Waals surface area (Å²) >= 11 is 0. The smallest absolute Gasteiger partial charge is 0.237 e. The summed E-state index contributed by atoms with van der Waals surface area (Å²) in [7, 11) is 0. The minimum atomic E-state index is -0.217. The number of rotatable bonds is 6. The summed E-state index contributed by atoms with van der Waals surface area (Å²) in [5.74, 6) is -0.00678. The molecule has 92 valence electrons. The maximum Gasteiger partial charge on any atom is 0.237 e. The van der Waals surface area contributed by atoms with E-state index in [9.17, 15) is 4.79 Å². The summed E-state index contributed by atoms with van der Waals surface area (Å²) in [6.07, 6.45) is 1.67. The first-order chi connectivity index (χ1) is 8.15. The van der Waals surface area contributed by atoms with Crippen LogP contribution >= 0.6 is 0 Å². The first kappa shape index (κ1) is 13.5. The van der Waals surface area contributed by atoms with E-state index in [0.717, 1.165) is 0 Å². The van der Waals surface area contributed by atoms with Crippen LogP contribution in [0.5, 0.6) is 0 Å². The molecule has 0 aliphatic carbocycles. The molecule has 0 spiro atoms. The SMILES string of the molecule is C=CCNC(=O)C(C)NC(C)c1ccccc1. The van der Waals surface area contributed by atoms with E-state index in [1.807, 2.05) is 44.2 Å². The van der Waals surface area contributed by atoms with E-state index in [0.29, 0.717) is 6.54 Å². The second-order valence-electron chi connectivity index (χ2n) is 4.05. The van der Waals surface area contributed by atoms with Crippen LogP contribution in [-0.4, -0.2) is 18.5 Å². The fourth-order valence-corrected chi connectivity index (χ4v) is 1.61. The molecule has 0 radical (unpaired) electrons. The van der Waals surface area contributed by atoms with Crippen LogP contribution in [0.3, 0.4) is 0 Å². The van der Waals surface area contributed by atoms with Crippen molar-refractivity contribution in [2.24, 2.45) is 0 Å². The van der Waals surface area contributed by atoms with Crippen molar-refractivity contribution in [2.45, 2.75) is 25.9 Å². The lowest BCUT2D eigenvalue weighted by molar-refractivity contribution is -0.122. The Morgan fingerprint density at radius 1 is 1.35 bits per heavy atom. The predicted octanol–water partition coefficient (Wildman–Crippen LogP) is 2.03. The van der Waals surface area contributed by atoms with E-state index < -0.39 is 0 Å². The molecule has 0 saturated carbocycles. The van der Waals surface area contributed by atoms with Gasteiger partial charge < -0.3 is 5.32 Å². The van der Waals surface area contributed by atoms with Gasteiger partial charge in [-0.2, -0.15) is 0 Å². The lowest BCUT2D eigenvalue weighted by atomic mass is 10.1. The maximum atomic E-state index is 11.6. The molecule has 0 heterocycles. The summed E-state index contributed by atoms with van der Waals surface area (Å²) in [6, 6.07) is 10.0. The number of hydrogen-bond acceptors (Lipinski definition) is 2. The third-order valence-corrected chi connectivity index (χ3v) is 2.61. The Bertz CT molecular complexity index is 362. The Hall–Kier alpha value is -1.61. The predicted molar refractivity (Wildman–Crippen MR) is 70.7 cm³/mol. The molecule has 0 aliphatic heterocycles. The maximum absolute atomic E-state index is 11.6. The number of hydrogen-bond donors (Lipinski definition) is 2. The Morgan fingerprint density at radius 3 is 2.59 bits per heavy atom. The zero-order chi connectivity index (χ0) is 12.7. The first-order valence-corrected chi connectivity index (χ1v) is 5.84. The van der Waals surface area contributed by atoms with Crippen molar-refractivity contribution in [1.29, 1.82) is 0 Å². The van der Waals surface area contributed by atoms with E-state index in [1.165, 1.54) is 5.56 Å². The number of carbonyl (C=O) groups excluding carboxylic acids is 1. The summed E-state index contributed by atoms with van der Waals surface area (Å²) in [6.45, 7) is 7.98. The van der Waals surface area contributed by atoms with Gasteiger partial charge in [0, 0.05) is 12.6 Å². The van der Waals surface area contributed by atoms with Gasteiger partial charge in [0.25, 0.3) is 0 Å². The molecule has 1 aromatic carbocycles. The normalized spacial score (nSPS) is 13.8.